The number of aromatic nitrogens is 2. The van der Waals surface area contributed by atoms with Gasteiger partial charge in [0.25, 0.3) is 0 Å². The Morgan fingerprint density at radius 3 is 2.94 bits per heavy atom. The summed E-state index contributed by atoms with van der Waals surface area (Å²) in [5, 5.41) is 9.64. The summed E-state index contributed by atoms with van der Waals surface area (Å²) in [6.07, 6.45) is 5.22. The molecule has 2 aromatic rings. The number of nitriles is 1. The number of allylic oxidation sites excluding steroid dienone is 1. The Hall–Kier alpha value is -2.05. The molecule has 0 unspecified atom stereocenters. The molecule has 0 N–H and O–H groups in total. The Balaban J connectivity index is 2.74. The summed E-state index contributed by atoms with van der Waals surface area (Å²) >= 11 is 6.30. The van der Waals surface area contributed by atoms with Crippen molar-refractivity contribution < 1.29 is 0 Å². The van der Waals surface area contributed by atoms with E-state index in [2.05, 4.69) is 17.6 Å². The number of hydrogen-bond acceptors (Lipinski definition) is 2. The van der Waals surface area contributed by atoms with Gasteiger partial charge in [0.1, 0.15) is 6.07 Å². The fourth-order valence-corrected chi connectivity index (χ4v) is 2.36. The molecule has 0 spiro atoms. The van der Waals surface area contributed by atoms with Crippen molar-refractivity contribution in [3.05, 3.63) is 53.5 Å². The molecule has 90 valence electrons. The maximum absolute atomic E-state index is 9.16. The van der Waals surface area contributed by atoms with Gasteiger partial charge in [-0.1, -0.05) is 17.7 Å². The fraction of sp³-hybridized carbons (Fsp3) is 0.143. The van der Waals surface area contributed by atoms with E-state index in [4.69, 9.17) is 16.9 Å². The van der Waals surface area contributed by atoms with Crippen LogP contribution in [0.4, 0.5) is 0 Å². The van der Waals surface area contributed by atoms with Crippen LogP contribution in [0.15, 0.2) is 37.2 Å². The van der Waals surface area contributed by atoms with Gasteiger partial charge in [0.15, 0.2) is 0 Å². The second-order valence-corrected chi connectivity index (χ2v) is 4.25. The molecule has 2 rings (SSSR count). The second-order valence-electron chi connectivity index (χ2n) is 3.88. The summed E-state index contributed by atoms with van der Waals surface area (Å²) in [7, 11) is 0. The minimum Gasteiger partial charge on any atom is -0.338 e. The molecule has 2 heterocycles. The standard InChI is InChI=1S/C14H12ClN3/c1-3-7-18-10(2)12(8-16)13(15)14(18)11-5-4-6-17-9-11/h3-6,9H,1,7H2,2H3. The molecule has 0 bridgehead atoms. The SMILES string of the molecule is C=CCn1c(C)c(C#N)c(Cl)c1-c1cccnc1. The smallest absolute Gasteiger partial charge is 0.103 e. The van der Waals surface area contributed by atoms with E-state index in [1.54, 1.807) is 18.5 Å². The van der Waals surface area contributed by atoms with Crippen LogP contribution in [0.3, 0.4) is 0 Å². The van der Waals surface area contributed by atoms with Gasteiger partial charge < -0.3 is 4.57 Å². The Labute approximate surface area is 111 Å². The minimum atomic E-state index is 0.477. The number of hydrogen-bond donors (Lipinski definition) is 0. The van der Waals surface area contributed by atoms with Gasteiger partial charge in [0.05, 0.1) is 16.3 Å². The van der Waals surface area contributed by atoms with Crippen LogP contribution in [0.1, 0.15) is 11.3 Å². The first-order valence-corrected chi connectivity index (χ1v) is 5.88. The molecule has 0 saturated carbocycles. The Morgan fingerprint density at radius 2 is 2.39 bits per heavy atom. The van der Waals surface area contributed by atoms with Gasteiger partial charge in [0.2, 0.25) is 0 Å². The van der Waals surface area contributed by atoms with Gasteiger partial charge in [0, 0.05) is 30.2 Å². The van der Waals surface area contributed by atoms with Crippen LogP contribution in [-0.2, 0) is 6.54 Å². The molecular weight excluding hydrogens is 246 g/mol. The van der Waals surface area contributed by atoms with Crippen LogP contribution in [0.2, 0.25) is 5.02 Å². The van der Waals surface area contributed by atoms with Gasteiger partial charge in [-0.3, -0.25) is 4.98 Å². The van der Waals surface area contributed by atoms with Gasteiger partial charge in [-0.25, -0.2) is 0 Å². The highest BCUT2D eigenvalue weighted by molar-refractivity contribution is 6.34. The summed E-state index contributed by atoms with van der Waals surface area (Å²) in [6.45, 7) is 6.23. The van der Waals surface area contributed by atoms with Gasteiger partial charge in [-0.15, -0.1) is 6.58 Å². The van der Waals surface area contributed by atoms with Gasteiger partial charge in [-0.05, 0) is 19.1 Å². The highest BCUT2D eigenvalue weighted by Crippen LogP contribution is 2.34. The van der Waals surface area contributed by atoms with E-state index in [0.29, 0.717) is 17.1 Å². The highest BCUT2D eigenvalue weighted by Gasteiger charge is 2.19. The lowest BCUT2D eigenvalue weighted by molar-refractivity contribution is 0.805. The van der Waals surface area contributed by atoms with E-state index >= 15 is 0 Å². The summed E-state index contributed by atoms with van der Waals surface area (Å²) in [5.41, 5.74) is 3.08. The Morgan fingerprint density at radius 1 is 1.61 bits per heavy atom. The number of pyridine rings is 1. The Kier molecular flexibility index (Phi) is 3.50. The average Bonchev–Trinajstić information content (AvgIpc) is 2.62. The van der Waals surface area contributed by atoms with Crippen LogP contribution >= 0.6 is 11.6 Å². The normalized spacial score (nSPS) is 10.1. The number of halogens is 1. The van der Waals surface area contributed by atoms with E-state index in [1.165, 1.54) is 0 Å². The highest BCUT2D eigenvalue weighted by atomic mass is 35.5. The van der Waals surface area contributed by atoms with E-state index in [1.807, 2.05) is 23.6 Å². The molecule has 0 saturated heterocycles. The first kappa shape index (κ1) is 12.4. The summed E-state index contributed by atoms with van der Waals surface area (Å²) < 4.78 is 1.98. The third kappa shape index (κ3) is 1.92. The monoisotopic (exact) mass is 257 g/mol. The molecule has 3 nitrogen and oxygen atoms in total. The van der Waals surface area contributed by atoms with Crippen molar-refractivity contribution in [3.63, 3.8) is 0 Å². The molecule has 0 atom stereocenters. The molecule has 0 aliphatic heterocycles. The maximum Gasteiger partial charge on any atom is 0.103 e. The van der Waals surface area contributed by atoms with Crippen LogP contribution in [-0.4, -0.2) is 9.55 Å². The summed E-state index contributed by atoms with van der Waals surface area (Å²) in [5.74, 6) is 0. The molecule has 0 fully saturated rings. The van der Waals surface area contributed by atoms with Crippen LogP contribution in [0.25, 0.3) is 11.3 Å². The molecule has 0 amide bonds. The predicted octanol–water partition coefficient (Wildman–Crippen LogP) is 3.57. The average molecular weight is 258 g/mol. The quantitative estimate of drug-likeness (QED) is 0.789. The first-order valence-electron chi connectivity index (χ1n) is 5.50. The van der Waals surface area contributed by atoms with Crippen molar-refractivity contribution in [1.82, 2.24) is 9.55 Å². The minimum absolute atomic E-state index is 0.477. The maximum atomic E-state index is 9.16. The van der Waals surface area contributed by atoms with Crippen LogP contribution in [0, 0.1) is 18.3 Å². The molecule has 0 aliphatic carbocycles. The third-order valence-electron chi connectivity index (χ3n) is 2.82. The van der Waals surface area contributed by atoms with Crippen molar-refractivity contribution in [3.8, 4) is 17.3 Å². The second kappa shape index (κ2) is 5.07. The van der Waals surface area contributed by atoms with Crippen LogP contribution in [0.5, 0.6) is 0 Å². The third-order valence-corrected chi connectivity index (χ3v) is 3.19. The summed E-state index contributed by atoms with van der Waals surface area (Å²) in [4.78, 5) is 4.09. The van der Waals surface area contributed by atoms with Crippen molar-refractivity contribution in [2.24, 2.45) is 0 Å². The zero-order valence-electron chi connectivity index (χ0n) is 10.0. The lowest BCUT2D eigenvalue weighted by atomic mass is 10.2. The number of rotatable bonds is 3. The lowest BCUT2D eigenvalue weighted by Crippen LogP contribution is -2.00. The molecular formula is C14H12ClN3. The van der Waals surface area contributed by atoms with Crippen LogP contribution < -0.4 is 0 Å². The fourth-order valence-electron chi connectivity index (χ4n) is 1.97. The van der Waals surface area contributed by atoms with E-state index in [9.17, 15) is 0 Å². The molecule has 0 aliphatic rings. The topological polar surface area (TPSA) is 41.6 Å². The molecule has 2 aromatic heterocycles. The van der Waals surface area contributed by atoms with E-state index < -0.39 is 0 Å². The largest absolute Gasteiger partial charge is 0.338 e. The van der Waals surface area contributed by atoms with Gasteiger partial charge >= 0.3 is 0 Å². The zero-order chi connectivity index (χ0) is 13.1. The molecule has 4 heteroatoms. The summed E-state index contributed by atoms with van der Waals surface area (Å²) in [6, 6.07) is 5.92. The van der Waals surface area contributed by atoms with Crippen molar-refractivity contribution >= 4 is 11.6 Å². The number of nitrogens with zero attached hydrogens (tertiary/aromatic N) is 3. The van der Waals surface area contributed by atoms with Crippen molar-refractivity contribution in [2.75, 3.05) is 0 Å². The Bertz CT molecular complexity index is 621. The van der Waals surface area contributed by atoms with E-state index in [0.717, 1.165) is 17.0 Å². The van der Waals surface area contributed by atoms with Gasteiger partial charge in [-0.2, -0.15) is 5.26 Å². The lowest BCUT2D eigenvalue weighted by Gasteiger charge is -2.09. The molecule has 18 heavy (non-hydrogen) atoms. The molecule has 0 aromatic carbocycles. The molecule has 0 radical (unpaired) electrons. The predicted molar refractivity (Wildman–Crippen MR) is 72.3 cm³/mol. The first-order chi connectivity index (χ1) is 8.70. The zero-order valence-corrected chi connectivity index (χ0v) is 10.8. The van der Waals surface area contributed by atoms with Crippen molar-refractivity contribution in [1.29, 1.82) is 5.26 Å². The van der Waals surface area contributed by atoms with E-state index in [-0.39, 0.29) is 0 Å². The van der Waals surface area contributed by atoms with Crippen molar-refractivity contribution in [2.45, 2.75) is 13.5 Å².